The van der Waals surface area contributed by atoms with Crippen molar-refractivity contribution in [2.24, 2.45) is 0 Å². The first-order valence-electron chi connectivity index (χ1n) is 10.8. The lowest BCUT2D eigenvalue weighted by Gasteiger charge is -2.29. The van der Waals surface area contributed by atoms with Crippen LogP contribution < -0.4 is 24.6 Å². The van der Waals surface area contributed by atoms with E-state index in [2.05, 4.69) is 5.32 Å². The van der Waals surface area contributed by atoms with Crippen LogP contribution in [-0.2, 0) is 4.79 Å². The monoisotopic (exact) mass is 413 g/mol. The molecule has 162 valence electrons. The summed E-state index contributed by atoms with van der Waals surface area (Å²) in [5, 5.41) is 3.11. The van der Waals surface area contributed by atoms with E-state index in [1.165, 1.54) is 4.90 Å². The lowest BCUT2D eigenvalue weighted by atomic mass is 10.1. The van der Waals surface area contributed by atoms with Crippen LogP contribution >= 0.6 is 0 Å². The largest absolute Gasteiger partial charge is 0.497 e. The molecule has 1 aliphatic rings. The van der Waals surface area contributed by atoms with E-state index in [0.717, 1.165) is 74.1 Å². The van der Waals surface area contributed by atoms with Crippen LogP contribution in [0.1, 0.15) is 17.5 Å². The van der Waals surface area contributed by atoms with Gasteiger partial charge in [0.15, 0.2) is 6.54 Å². The van der Waals surface area contributed by atoms with E-state index in [9.17, 15) is 4.79 Å². The molecule has 6 heteroatoms. The number of anilines is 1. The molecule has 1 aliphatic heterocycles. The summed E-state index contributed by atoms with van der Waals surface area (Å²) in [7, 11) is 1.66. The summed E-state index contributed by atoms with van der Waals surface area (Å²) >= 11 is 0. The van der Waals surface area contributed by atoms with Gasteiger partial charge in [0.1, 0.15) is 37.7 Å². The van der Waals surface area contributed by atoms with E-state index in [-0.39, 0.29) is 5.91 Å². The minimum absolute atomic E-state index is 0.110. The van der Waals surface area contributed by atoms with Crippen molar-refractivity contribution in [2.45, 2.75) is 20.3 Å². The number of carbonyl (C=O) groups excluding carboxylic acids is 1. The fourth-order valence-electron chi connectivity index (χ4n) is 3.99. The Morgan fingerprint density at radius 3 is 2.17 bits per heavy atom. The highest BCUT2D eigenvalue weighted by molar-refractivity contribution is 5.93. The molecule has 2 aromatic carbocycles. The second-order valence-corrected chi connectivity index (χ2v) is 8.12. The zero-order valence-electron chi connectivity index (χ0n) is 18.4. The van der Waals surface area contributed by atoms with Crippen LogP contribution in [0.2, 0.25) is 0 Å². The molecule has 0 aromatic heterocycles. The molecule has 30 heavy (non-hydrogen) atoms. The Morgan fingerprint density at radius 2 is 1.53 bits per heavy atom. The van der Waals surface area contributed by atoms with Crippen LogP contribution in [0.25, 0.3) is 0 Å². The van der Waals surface area contributed by atoms with Gasteiger partial charge in [0.05, 0.1) is 20.3 Å². The van der Waals surface area contributed by atoms with Crippen molar-refractivity contribution in [1.82, 2.24) is 0 Å². The maximum Gasteiger partial charge on any atom is 0.279 e. The molecule has 3 N–H and O–H groups in total. The molecule has 6 nitrogen and oxygen atoms in total. The van der Waals surface area contributed by atoms with Crippen molar-refractivity contribution in [3.63, 3.8) is 0 Å². The van der Waals surface area contributed by atoms with Gasteiger partial charge < -0.3 is 24.6 Å². The van der Waals surface area contributed by atoms with E-state index >= 15 is 0 Å². The number of carbonyl (C=O) groups is 1. The van der Waals surface area contributed by atoms with Gasteiger partial charge in [-0.1, -0.05) is 18.2 Å². The van der Waals surface area contributed by atoms with Crippen LogP contribution in [-0.4, -0.2) is 58.9 Å². The third kappa shape index (κ3) is 6.47. The van der Waals surface area contributed by atoms with Crippen molar-refractivity contribution < 1.29 is 24.1 Å². The van der Waals surface area contributed by atoms with E-state index in [0.29, 0.717) is 6.54 Å². The van der Waals surface area contributed by atoms with Crippen LogP contribution in [0, 0.1) is 13.8 Å². The Kier molecular flexibility index (Phi) is 8.11. The summed E-state index contributed by atoms with van der Waals surface area (Å²) in [6, 6.07) is 13.8. The number of nitrogens with one attached hydrogen (secondary N) is 3. The molecule has 0 radical (unpaired) electrons. The van der Waals surface area contributed by atoms with Gasteiger partial charge >= 0.3 is 0 Å². The number of piperazine rings is 1. The normalized spacial score (nSPS) is 18.6. The van der Waals surface area contributed by atoms with Crippen LogP contribution in [0.4, 0.5) is 5.69 Å². The fraction of sp³-hybridized carbons (Fsp3) is 0.458. The lowest BCUT2D eigenvalue weighted by Crippen LogP contribution is -3.28. The summed E-state index contributed by atoms with van der Waals surface area (Å²) in [6.07, 6.45) is 1.03. The Bertz CT molecular complexity index is 795. The number of quaternary nitrogens is 2. The second kappa shape index (κ2) is 11.0. The van der Waals surface area contributed by atoms with E-state index in [1.807, 2.05) is 56.3 Å². The molecule has 1 saturated heterocycles. The number of aryl methyl sites for hydroxylation is 2. The summed E-state index contributed by atoms with van der Waals surface area (Å²) < 4.78 is 11.0. The topological polar surface area (TPSA) is 56.4 Å². The van der Waals surface area contributed by atoms with E-state index in [1.54, 1.807) is 12.0 Å². The quantitative estimate of drug-likeness (QED) is 0.525. The summed E-state index contributed by atoms with van der Waals surface area (Å²) in [5.74, 6) is 1.84. The second-order valence-electron chi connectivity index (χ2n) is 8.12. The van der Waals surface area contributed by atoms with Gasteiger partial charge in [-0.05, 0) is 49.2 Å². The number of ether oxygens (including phenoxy) is 2. The molecule has 1 fully saturated rings. The van der Waals surface area contributed by atoms with Gasteiger partial charge in [0, 0.05) is 12.1 Å². The van der Waals surface area contributed by atoms with Crippen molar-refractivity contribution in [3.8, 4) is 11.5 Å². The predicted octanol–water partition coefficient (Wildman–Crippen LogP) is 0.503. The molecule has 3 rings (SSSR count). The van der Waals surface area contributed by atoms with Gasteiger partial charge in [-0.15, -0.1) is 0 Å². The number of rotatable bonds is 9. The average Bonchev–Trinajstić information content (AvgIpc) is 2.75. The van der Waals surface area contributed by atoms with Crippen molar-refractivity contribution in [1.29, 1.82) is 0 Å². The molecular weight excluding hydrogens is 378 g/mol. The molecule has 1 heterocycles. The number of amides is 1. The molecular formula is C24H35N3O3+2. The number of methoxy groups -OCH3 is 1. The molecule has 0 bridgehead atoms. The molecule has 1 amide bonds. The van der Waals surface area contributed by atoms with Gasteiger partial charge in [0.2, 0.25) is 0 Å². The SMILES string of the molecule is COc1ccc(OCCC[NH+]2CC[NH+](CC(=O)Nc3c(C)cccc3C)CC2)cc1. The Balaban J connectivity index is 1.32. The van der Waals surface area contributed by atoms with E-state index in [4.69, 9.17) is 9.47 Å². The minimum Gasteiger partial charge on any atom is -0.497 e. The molecule has 0 aliphatic carbocycles. The summed E-state index contributed by atoms with van der Waals surface area (Å²) in [6.45, 7) is 10.7. The zero-order valence-corrected chi connectivity index (χ0v) is 18.4. The third-order valence-corrected chi connectivity index (χ3v) is 5.82. The molecule has 0 saturated carbocycles. The minimum atomic E-state index is 0.110. The van der Waals surface area contributed by atoms with Crippen LogP contribution in [0.3, 0.4) is 0 Å². The first-order valence-corrected chi connectivity index (χ1v) is 10.8. The Hall–Kier alpha value is -2.57. The standard InChI is InChI=1S/C24H33N3O3/c1-19-6-4-7-20(2)24(19)25-23(28)18-27-15-13-26(14-16-27)12-5-17-30-22-10-8-21(29-3)9-11-22/h4,6-11H,5,12-18H2,1-3H3,(H,25,28)/p+2. The maximum atomic E-state index is 12.5. The third-order valence-electron chi connectivity index (χ3n) is 5.82. The van der Waals surface area contributed by atoms with Gasteiger partial charge in [-0.25, -0.2) is 0 Å². The van der Waals surface area contributed by atoms with Crippen molar-refractivity contribution in [2.75, 3.05) is 58.3 Å². The zero-order chi connectivity index (χ0) is 21.3. The number of hydrogen-bond donors (Lipinski definition) is 3. The van der Waals surface area contributed by atoms with Crippen LogP contribution in [0.5, 0.6) is 11.5 Å². The molecule has 0 unspecified atom stereocenters. The van der Waals surface area contributed by atoms with Gasteiger partial charge in [0.25, 0.3) is 5.91 Å². The maximum absolute atomic E-state index is 12.5. The smallest absolute Gasteiger partial charge is 0.279 e. The van der Waals surface area contributed by atoms with E-state index < -0.39 is 0 Å². The Labute approximate surface area is 179 Å². The number of para-hydroxylation sites is 1. The highest BCUT2D eigenvalue weighted by Gasteiger charge is 2.24. The molecule has 2 aromatic rings. The summed E-state index contributed by atoms with van der Waals surface area (Å²) in [4.78, 5) is 15.5. The van der Waals surface area contributed by atoms with Crippen molar-refractivity contribution in [3.05, 3.63) is 53.6 Å². The molecule has 0 atom stereocenters. The van der Waals surface area contributed by atoms with Gasteiger partial charge in [-0.2, -0.15) is 0 Å². The fourth-order valence-corrected chi connectivity index (χ4v) is 3.99. The first-order chi connectivity index (χ1) is 14.5. The highest BCUT2D eigenvalue weighted by atomic mass is 16.5. The predicted molar refractivity (Wildman–Crippen MR) is 119 cm³/mol. The Morgan fingerprint density at radius 1 is 0.933 bits per heavy atom. The van der Waals surface area contributed by atoms with Crippen molar-refractivity contribution >= 4 is 11.6 Å². The first kappa shape index (κ1) is 22.1. The average molecular weight is 414 g/mol. The highest BCUT2D eigenvalue weighted by Crippen LogP contribution is 2.19. The number of benzene rings is 2. The van der Waals surface area contributed by atoms with Crippen LogP contribution in [0.15, 0.2) is 42.5 Å². The lowest BCUT2D eigenvalue weighted by molar-refractivity contribution is -1.01. The summed E-state index contributed by atoms with van der Waals surface area (Å²) in [5.41, 5.74) is 3.19. The van der Waals surface area contributed by atoms with Gasteiger partial charge in [-0.3, -0.25) is 4.79 Å². The molecule has 0 spiro atoms. The number of hydrogen-bond acceptors (Lipinski definition) is 3.